The van der Waals surface area contributed by atoms with Crippen LogP contribution in [-0.4, -0.2) is 0 Å². The highest BCUT2D eigenvalue weighted by molar-refractivity contribution is 5.86. The predicted octanol–water partition coefficient (Wildman–Crippen LogP) is 4.10. The molecule has 0 saturated carbocycles. The van der Waals surface area contributed by atoms with Crippen LogP contribution >= 0.6 is 0 Å². The normalized spacial score (nSPS) is 11.1. The Morgan fingerprint density at radius 3 is 2.21 bits per heavy atom. The second-order valence-electron chi connectivity index (χ2n) is 3.84. The van der Waals surface area contributed by atoms with Gasteiger partial charge in [-0.1, -0.05) is 44.2 Å². The molecule has 0 atom stereocenters. The van der Waals surface area contributed by atoms with Gasteiger partial charge in [-0.25, -0.2) is 4.39 Å². The van der Waals surface area contributed by atoms with E-state index < -0.39 is 0 Å². The molecule has 2 aromatic carbocycles. The van der Waals surface area contributed by atoms with Crippen LogP contribution in [0.15, 0.2) is 36.4 Å². The Hall–Kier alpha value is -1.37. The summed E-state index contributed by atoms with van der Waals surface area (Å²) in [6.07, 6.45) is 0. The molecule has 0 saturated heterocycles. The lowest BCUT2D eigenvalue weighted by atomic mass is 9.96. The Morgan fingerprint density at radius 1 is 0.929 bits per heavy atom. The van der Waals surface area contributed by atoms with Crippen molar-refractivity contribution in [2.24, 2.45) is 0 Å². The highest BCUT2D eigenvalue weighted by Gasteiger charge is 2.07. The average Bonchev–Trinajstić information content (AvgIpc) is 2.18. The van der Waals surface area contributed by atoms with Crippen LogP contribution in [0.4, 0.5) is 4.39 Å². The van der Waals surface area contributed by atoms with Crippen molar-refractivity contribution in [3.63, 3.8) is 0 Å². The lowest BCUT2D eigenvalue weighted by molar-refractivity contribution is 0.639. The van der Waals surface area contributed by atoms with E-state index >= 15 is 0 Å². The van der Waals surface area contributed by atoms with E-state index in [4.69, 9.17) is 0 Å². The van der Waals surface area contributed by atoms with Crippen LogP contribution in [0.25, 0.3) is 10.8 Å². The Balaban J connectivity index is 2.82. The smallest absolute Gasteiger partial charge is 0.131 e. The summed E-state index contributed by atoms with van der Waals surface area (Å²) in [6.45, 7) is 4.25. The van der Waals surface area contributed by atoms with Crippen molar-refractivity contribution in [2.75, 3.05) is 0 Å². The lowest BCUT2D eigenvalue weighted by Crippen LogP contribution is -1.90. The Bertz CT molecular complexity index is 458. The molecule has 0 aliphatic carbocycles. The Kier molecular flexibility index (Phi) is 2.24. The number of hydrogen-bond acceptors (Lipinski definition) is 0. The summed E-state index contributed by atoms with van der Waals surface area (Å²) in [5.74, 6) is 0.297. The average molecular weight is 188 g/mol. The molecule has 2 aromatic rings. The maximum Gasteiger partial charge on any atom is 0.131 e. The molecule has 14 heavy (non-hydrogen) atoms. The maximum atomic E-state index is 13.4. The number of hydrogen-bond donors (Lipinski definition) is 0. The van der Waals surface area contributed by atoms with E-state index in [-0.39, 0.29) is 5.82 Å². The number of fused-ring (bicyclic) bond motifs is 1. The van der Waals surface area contributed by atoms with Gasteiger partial charge in [-0.15, -0.1) is 0 Å². The van der Waals surface area contributed by atoms with Gasteiger partial charge in [0.25, 0.3) is 0 Å². The molecule has 0 aliphatic heterocycles. The maximum absolute atomic E-state index is 13.4. The topological polar surface area (TPSA) is 0 Å². The second kappa shape index (κ2) is 3.41. The largest absolute Gasteiger partial charge is 0.206 e. The van der Waals surface area contributed by atoms with Crippen LogP contribution in [0.1, 0.15) is 25.3 Å². The van der Waals surface area contributed by atoms with E-state index in [0.717, 1.165) is 10.8 Å². The third kappa shape index (κ3) is 1.39. The first-order valence-electron chi connectivity index (χ1n) is 4.87. The molecule has 1 heteroatoms. The van der Waals surface area contributed by atoms with Crippen LogP contribution in [0.2, 0.25) is 0 Å². The van der Waals surface area contributed by atoms with Crippen LogP contribution < -0.4 is 0 Å². The molecule has 0 unspecified atom stereocenters. The minimum Gasteiger partial charge on any atom is -0.206 e. The summed E-state index contributed by atoms with van der Waals surface area (Å²) in [4.78, 5) is 0. The molecule has 0 spiro atoms. The molecule has 0 N–H and O–H groups in total. The molecule has 72 valence electrons. The monoisotopic (exact) mass is 188 g/mol. The number of halogens is 1. The van der Waals surface area contributed by atoms with Gasteiger partial charge in [-0.3, -0.25) is 0 Å². The van der Waals surface area contributed by atoms with Gasteiger partial charge < -0.3 is 0 Å². The van der Waals surface area contributed by atoms with Crippen LogP contribution in [0, 0.1) is 5.82 Å². The van der Waals surface area contributed by atoms with Gasteiger partial charge in [0.2, 0.25) is 0 Å². The fourth-order valence-electron chi connectivity index (χ4n) is 1.79. The molecule has 0 aliphatic rings. The molecule has 0 heterocycles. The third-order valence-corrected chi connectivity index (χ3v) is 2.53. The van der Waals surface area contributed by atoms with Crippen LogP contribution in [-0.2, 0) is 0 Å². The van der Waals surface area contributed by atoms with Gasteiger partial charge in [0.15, 0.2) is 0 Å². The summed E-state index contributed by atoms with van der Waals surface area (Å²) >= 11 is 0. The van der Waals surface area contributed by atoms with Gasteiger partial charge in [-0.05, 0) is 22.9 Å². The van der Waals surface area contributed by atoms with E-state index in [0.29, 0.717) is 5.92 Å². The zero-order valence-corrected chi connectivity index (χ0v) is 8.42. The minimum absolute atomic E-state index is 0.134. The van der Waals surface area contributed by atoms with Gasteiger partial charge in [0.1, 0.15) is 5.82 Å². The first-order valence-corrected chi connectivity index (χ1v) is 4.87. The fourth-order valence-corrected chi connectivity index (χ4v) is 1.79. The van der Waals surface area contributed by atoms with Gasteiger partial charge in [0.05, 0.1) is 0 Å². The summed E-state index contributed by atoms with van der Waals surface area (Å²) in [6, 6.07) is 11.1. The summed E-state index contributed by atoms with van der Waals surface area (Å²) < 4.78 is 13.4. The van der Waals surface area contributed by atoms with Crippen molar-refractivity contribution in [3.8, 4) is 0 Å². The third-order valence-electron chi connectivity index (χ3n) is 2.53. The zero-order chi connectivity index (χ0) is 10.1. The van der Waals surface area contributed by atoms with Gasteiger partial charge in [0, 0.05) is 5.39 Å². The highest BCUT2D eigenvalue weighted by atomic mass is 19.1. The van der Waals surface area contributed by atoms with E-state index in [1.54, 1.807) is 6.07 Å². The van der Waals surface area contributed by atoms with Crippen LogP contribution in [0.3, 0.4) is 0 Å². The second-order valence-corrected chi connectivity index (χ2v) is 3.84. The fraction of sp³-hybridized carbons (Fsp3) is 0.231. The van der Waals surface area contributed by atoms with Crippen molar-refractivity contribution in [3.05, 3.63) is 47.8 Å². The molecule has 0 aromatic heterocycles. The zero-order valence-electron chi connectivity index (χ0n) is 8.42. The van der Waals surface area contributed by atoms with Gasteiger partial charge >= 0.3 is 0 Å². The van der Waals surface area contributed by atoms with E-state index in [9.17, 15) is 4.39 Å². The van der Waals surface area contributed by atoms with Crippen molar-refractivity contribution in [1.29, 1.82) is 0 Å². The Morgan fingerprint density at radius 2 is 1.57 bits per heavy atom. The molecular formula is C13H13F. The molecular weight excluding hydrogens is 175 g/mol. The summed E-state index contributed by atoms with van der Waals surface area (Å²) in [7, 11) is 0. The van der Waals surface area contributed by atoms with Crippen molar-refractivity contribution >= 4 is 10.8 Å². The van der Waals surface area contributed by atoms with Crippen LogP contribution in [0.5, 0.6) is 0 Å². The molecule has 0 radical (unpaired) electrons. The summed E-state index contributed by atoms with van der Waals surface area (Å²) in [5, 5.41) is 1.75. The van der Waals surface area contributed by atoms with E-state index in [2.05, 4.69) is 13.8 Å². The highest BCUT2D eigenvalue weighted by Crippen LogP contribution is 2.26. The van der Waals surface area contributed by atoms with E-state index in [1.807, 2.05) is 30.3 Å². The van der Waals surface area contributed by atoms with Gasteiger partial charge in [-0.2, -0.15) is 0 Å². The van der Waals surface area contributed by atoms with Crippen molar-refractivity contribution in [1.82, 2.24) is 0 Å². The minimum atomic E-state index is -0.134. The number of rotatable bonds is 1. The van der Waals surface area contributed by atoms with Crippen molar-refractivity contribution in [2.45, 2.75) is 19.8 Å². The summed E-state index contributed by atoms with van der Waals surface area (Å²) in [5.41, 5.74) is 1.21. The first kappa shape index (κ1) is 9.20. The number of benzene rings is 2. The molecule has 0 fully saturated rings. The molecule has 0 amide bonds. The van der Waals surface area contributed by atoms with Crippen molar-refractivity contribution < 1.29 is 4.39 Å². The first-order chi connectivity index (χ1) is 6.70. The standard InChI is InChI=1S/C13H13F/c1-9(2)10-7-8-13(14)12-6-4-3-5-11(10)12/h3-9H,1-2H3. The molecule has 2 rings (SSSR count). The lowest BCUT2D eigenvalue weighted by Gasteiger charge is -2.09. The SMILES string of the molecule is CC(C)c1ccc(F)c2ccccc12. The molecule has 0 nitrogen and oxygen atoms in total. The van der Waals surface area contributed by atoms with E-state index in [1.165, 1.54) is 5.56 Å². The quantitative estimate of drug-likeness (QED) is 0.632. The Labute approximate surface area is 83.4 Å². The predicted molar refractivity (Wildman–Crippen MR) is 58.0 cm³/mol. The molecule has 0 bridgehead atoms.